The molecular weight excluding hydrogens is 292 g/mol. The van der Waals surface area contributed by atoms with Crippen molar-refractivity contribution in [1.29, 1.82) is 0 Å². The third kappa shape index (κ3) is 2.93. The Balaban J connectivity index is 2.04. The van der Waals surface area contributed by atoms with E-state index in [1.807, 2.05) is 11.9 Å². The third-order valence-electron chi connectivity index (χ3n) is 3.60. The molecule has 18 heavy (non-hydrogen) atoms. The van der Waals surface area contributed by atoms with Crippen LogP contribution in [-0.4, -0.2) is 38.0 Å². The molecule has 1 aromatic rings. The Bertz CT molecular complexity index is 426. The van der Waals surface area contributed by atoms with Crippen LogP contribution >= 0.6 is 15.9 Å². The van der Waals surface area contributed by atoms with E-state index in [1.54, 1.807) is 7.05 Å². The van der Waals surface area contributed by atoms with Crippen molar-refractivity contribution in [2.75, 3.05) is 27.2 Å². The van der Waals surface area contributed by atoms with Gasteiger partial charge in [0.1, 0.15) is 0 Å². The van der Waals surface area contributed by atoms with Crippen molar-refractivity contribution in [2.45, 2.75) is 18.3 Å². The van der Waals surface area contributed by atoms with Gasteiger partial charge < -0.3 is 10.2 Å². The summed E-state index contributed by atoms with van der Waals surface area (Å²) < 4.78 is 1.10. The molecule has 1 N–H and O–H groups in total. The first-order valence-corrected chi connectivity index (χ1v) is 7.01. The van der Waals surface area contributed by atoms with Crippen molar-refractivity contribution < 1.29 is 4.79 Å². The second-order valence-electron chi connectivity index (χ2n) is 5.07. The first-order chi connectivity index (χ1) is 8.57. The number of likely N-dealkylation sites (N-methyl/N-ethyl adjacent to an activating group) is 2. The molecule has 0 spiro atoms. The molecule has 0 saturated heterocycles. The number of carbonyl (C=O) groups is 1. The summed E-state index contributed by atoms with van der Waals surface area (Å²) in [7, 11) is 3.69. The summed E-state index contributed by atoms with van der Waals surface area (Å²) in [6.45, 7) is 1.22. The number of hydrogen-bond donors (Lipinski definition) is 1. The average Bonchev–Trinajstić information content (AvgIpc) is 3.11. The van der Waals surface area contributed by atoms with Crippen LogP contribution in [0.2, 0.25) is 0 Å². The van der Waals surface area contributed by atoms with Crippen molar-refractivity contribution in [3.63, 3.8) is 0 Å². The van der Waals surface area contributed by atoms with Crippen molar-refractivity contribution in [1.82, 2.24) is 10.2 Å². The van der Waals surface area contributed by atoms with E-state index in [9.17, 15) is 4.79 Å². The second kappa shape index (κ2) is 5.41. The fraction of sp³-hybridized carbons (Fsp3) is 0.500. The Morgan fingerprint density at radius 1 is 1.39 bits per heavy atom. The molecule has 3 nitrogen and oxygen atoms in total. The summed E-state index contributed by atoms with van der Waals surface area (Å²) in [6, 6.07) is 8.47. The number of benzene rings is 1. The smallest absolute Gasteiger partial charge is 0.236 e. The Morgan fingerprint density at radius 2 is 2.00 bits per heavy atom. The predicted octanol–water partition coefficient (Wildman–Crippen LogP) is 2.16. The number of nitrogens with zero attached hydrogens (tertiary/aromatic N) is 1. The minimum Gasteiger partial charge on any atom is -0.344 e. The molecule has 1 fully saturated rings. The molecule has 98 valence electrons. The van der Waals surface area contributed by atoms with Crippen LogP contribution in [0, 0.1) is 0 Å². The minimum absolute atomic E-state index is 0.154. The SMILES string of the molecule is CNCC(=O)N(C)CC1(c2ccc(Br)cc2)CC1. The molecule has 0 radical (unpaired) electrons. The van der Waals surface area contributed by atoms with Crippen molar-refractivity contribution in [2.24, 2.45) is 0 Å². The lowest BCUT2D eigenvalue weighted by molar-refractivity contribution is -0.129. The maximum Gasteiger partial charge on any atom is 0.236 e. The van der Waals surface area contributed by atoms with E-state index in [2.05, 4.69) is 45.5 Å². The summed E-state index contributed by atoms with van der Waals surface area (Å²) >= 11 is 3.45. The summed E-state index contributed by atoms with van der Waals surface area (Å²) in [4.78, 5) is 13.6. The van der Waals surface area contributed by atoms with Crippen LogP contribution in [0.4, 0.5) is 0 Å². The molecule has 1 aromatic carbocycles. The summed E-state index contributed by atoms with van der Waals surface area (Å²) in [6.07, 6.45) is 2.34. The van der Waals surface area contributed by atoms with E-state index in [4.69, 9.17) is 0 Å². The topological polar surface area (TPSA) is 32.3 Å². The van der Waals surface area contributed by atoms with E-state index in [0.29, 0.717) is 6.54 Å². The molecule has 0 bridgehead atoms. The van der Waals surface area contributed by atoms with Gasteiger partial charge in [-0.25, -0.2) is 0 Å². The first kappa shape index (κ1) is 13.6. The van der Waals surface area contributed by atoms with Gasteiger partial charge in [0, 0.05) is 23.5 Å². The molecule has 1 aliphatic carbocycles. The van der Waals surface area contributed by atoms with Gasteiger partial charge in [-0.3, -0.25) is 4.79 Å². The van der Waals surface area contributed by atoms with Crippen LogP contribution in [0.25, 0.3) is 0 Å². The largest absolute Gasteiger partial charge is 0.344 e. The molecule has 1 amide bonds. The Labute approximate surface area is 117 Å². The van der Waals surface area contributed by atoms with Crippen molar-refractivity contribution >= 4 is 21.8 Å². The summed E-state index contributed by atoms with van der Waals surface area (Å²) in [5.41, 5.74) is 1.54. The third-order valence-corrected chi connectivity index (χ3v) is 4.13. The van der Waals surface area contributed by atoms with Crippen LogP contribution in [0.1, 0.15) is 18.4 Å². The number of carbonyl (C=O) groups excluding carboxylic acids is 1. The molecule has 0 heterocycles. The highest BCUT2D eigenvalue weighted by atomic mass is 79.9. The Morgan fingerprint density at radius 3 is 2.50 bits per heavy atom. The van der Waals surface area contributed by atoms with Crippen LogP contribution in [0.15, 0.2) is 28.7 Å². The fourth-order valence-electron chi connectivity index (χ4n) is 2.32. The van der Waals surface area contributed by atoms with Gasteiger partial charge >= 0.3 is 0 Å². The van der Waals surface area contributed by atoms with E-state index >= 15 is 0 Å². The lowest BCUT2D eigenvalue weighted by Crippen LogP contribution is -2.39. The van der Waals surface area contributed by atoms with E-state index in [0.717, 1.165) is 11.0 Å². The first-order valence-electron chi connectivity index (χ1n) is 6.22. The quantitative estimate of drug-likeness (QED) is 0.904. The maximum atomic E-state index is 11.8. The zero-order chi connectivity index (χ0) is 13.2. The van der Waals surface area contributed by atoms with Gasteiger partial charge in [0.15, 0.2) is 0 Å². The molecule has 2 rings (SSSR count). The van der Waals surface area contributed by atoms with E-state index in [-0.39, 0.29) is 11.3 Å². The second-order valence-corrected chi connectivity index (χ2v) is 5.98. The highest BCUT2D eigenvalue weighted by Gasteiger charge is 2.45. The summed E-state index contributed by atoms with van der Waals surface area (Å²) in [5.74, 6) is 0.154. The van der Waals surface area contributed by atoms with Gasteiger partial charge in [0.25, 0.3) is 0 Å². The number of halogens is 1. The van der Waals surface area contributed by atoms with Gasteiger partial charge in [-0.1, -0.05) is 28.1 Å². The Kier molecular flexibility index (Phi) is 4.07. The van der Waals surface area contributed by atoms with Gasteiger partial charge in [-0.05, 0) is 37.6 Å². The zero-order valence-electron chi connectivity index (χ0n) is 10.9. The highest BCUT2D eigenvalue weighted by molar-refractivity contribution is 9.10. The standard InChI is InChI=1S/C14H19BrN2O/c1-16-9-13(18)17(2)10-14(7-8-14)11-3-5-12(15)6-4-11/h3-6,16H,7-10H2,1-2H3. The normalized spacial score (nSPS) is 16.4. The predicted molar refractivity (Wildman–Crippen MR) is 76.6 cm³/mol. The van der Waals surface area contributed by atoms with Crippen LogP contribution in [-0.2, 0) is 10.2 Å². The van der Waals surface area contributed by atoms with Gasteiger partial charge in [0.2, 0.25) is 5.91 Å². The monoisotopic (exact) mass is 310 g/mol. The van der Waals surface area contributed by atoms with Crippen molar-refractivity contribution in [3.05, 3.63) is 34.3 Å². The lowest BCUT2D eigenvalue weighted by Gasteiger charge is -2.24. The maximum absolute atomic E-state index is 11.8. The zero-order valence-corrected chi connectivity index (χ0v) is 12.5. The number of rotatable bonds is 5. The van der Waals surface area contributed by atoms with Crippen LogP contribution in [0.3, 0.4) is 0 Å². The molecule has 4 heteroatoms. The Hall–Kier alpha value is -0.870. The fourth-order valence-corrected chi connectivity index (χ4v) is 2.59. The average molecular weight is 311 g/mol. The highest BCUT2D eigenvalue weighted by Crippen LogP contribution is 2.48. The minimum atomic E-state index is 0.154. The van der Waals surface area contributed by atoms with E-state index in [1.165, 1.54) is 18.4 Å². The molecule has 0 atom stereocenters. The van der Waals surface area contributed by atoms with Crippen molar-refractivity contribution in [3.8, 4) is 0 Å². The van der Waals surface area contributed by atoms with E-state index < -0.39 is 0 Å². The van der Waals surface area contributed by atoms with Crippen LogP contribution < -0.4 is 5.32 Å². The van der Waals surface area contributed by atoms with Gasteiger partial charge in [-0.15, -0.1) is 0 Å². The van der Waals surface area contributed by atoms with Gasteiger partial charge in [0.05, 0.1) is 6.54 Å². The van der Waals surface area contributed by atoms with Gasteiger partial charge in [-0.2, -0.15) is 0 Å². The molecule has 0 aromatic heterocycles. The van der Waals surface area contributed by atoms with Crippen LogP contribution in [0.5, 0.6) is 0 Å². The summed E-state index contributed by atoms with van der Waals surface area (Å²) in [5, 5.41) is 2.90. The molecule has 0 aliphatic heterocycles. The number of amides is 1. The molecule has 1 aliphatic rings. The lowest BCUT2D eigenvalue weighted by atomic mass is 9.95. The molecule has 0 unspecified atom stereocenters. The number of hydrogen-bond acceptors (Lipinski definition) is 2. The molecular formula is C14H19BrN2O. The number of nitrogens with one attached hydrogen (secondary N) is 1. The molecule has 1 saturated carbocycles.